The Bertz CT molecular complexity index is 907. The molecule has 0 bridgehead atoms. The predicted octanol–water partition coefficient (Wildman–Crippen LogP) is 1.65. The van der Waals surface area contributed by atoms with Crippen molar-refractivity contribution < 1.29 is 13.2 Å². The summed E-state index contributed by atoms with van der Waals surface area (Å²) in [5.41, 5.74) is 1.39. The van der Waals surface area contributed by atoms with Crippen molar-refractivity contribution in [3.05, 3.63) is 53.9 Å². The number of benzene rings is 1. The summed E-state index contributed by atoms with van der Waals surface area (Å²) in [7, 11) is 0.347. The highest BCUT2D eigenvalue weighted by Gasteiger charge is 2.28. The molecule has 1 atom stereocenters. The van der Waals surface area contributed by atoms with Gasteiger partial charge in [-0.1, -0.05) is 30.3 Å². The van der Waals surface area contributed by atoms with Crippen LogP contribution in [0.5, 0.6) is 0 Å². The number of aromatic nitrogens is 1. The average Bonchev–Trinajstić information content (AvgIpc) is 3.20. The molecule has 2 aromatic rings. The van der Waals surface area contributed by atoms with Crippen LogP contribution in [0.2, 0.25) is 0 Å². The molecule has 1 fully saturated rings. The number of hydrogen-bond donors (Lipinski definition) is 2. The first-order chi connectivity index (χ1) is 13.9. The van der Waals surface area contributed by atoms with Gasteiger partial charge >= 0.3 is 0 Å². The van der Waals surface area contributed by atoms with E-state index in [4.69, 9.17) is 0 Å². The maximum atomic E-state index is 12.8. The molecule has 158 valence electrons. The summed E-state index contributed by atoms with van der Waals surface area (Å²) in [4.78, 5) is 17.8. The highest BCUT2D eigenvalue weighted by molar-refractivity contribution is 7.99. The van der Waals surface area contributed by atoms with Gasteiger partial charge in [0.15, 0.2) is 0 Å². The summed E-state index contributed by atoms with van der Waals surface area (Å²) >= 11 is 1.75. The number of nitrogens with one attached hydrogen (secondary N) is 2. The quantitative estimate of drug-likeness (QED) is 0.657. The van der Waals surface area contributed by atoms with Crippen LogP contribution in [0.4, 0.5) is 0 Å². The molecular weight excluding hydrogens is 408 g/mol. The molecule has 2 N–H and O–H groups in total. The fourth-order valence-corrected chi connectivity index (χ4v) is 5.92. The standard InChI is InChI=1S/C20H28N4O3S2/c1-23(2)15-17(12-16-6-4-3-5-7-16)22-20(25)19-13-18(14-21-19)29(26,27)24-8-10-28-11-9-24/h3-7,13-14,17,21H,8-12,15H2,1-2H3,(H,22,25). The number of H-pyrrole nitrogens is 1. The summed E-state index contributed by atoms with van der Waals surface area (Å²) in [5.74, 6) is 1.29. The van der Waals surface area contributed by atoms with E-state index in [0.29, 0.717) is 26.1 Å². The normalized spacial score (nSPS) is 16.7. The molecule has 1 unspecified atom stereocenters. The molecule has 1 aromatic carbocycles. The monoisotopic (exact) mass is 436 g/mol. The lowest BCUT2D eigenvalue weighted by molar-refractivity contribution is 0.0925. The Hall–Kier alpha value is -1.81. The molecular formula is C20H28N4O3S2. The van der Waals surface area contributed by atoms with E-state index in [1.807, 2.05) is 49.3 Å². The van der Waals surface area contributed by atoms with Gasteiger partial charge in [-0.3, -0.25) is 4.79 Å². The Labute approximate surface area is 176 Å². The molecule has 1 saturated heterocycles. The van der Waals surface area contributed by atoms with Crippen LogP contribution in [-0.4, -0.2) is 79.8 Å². The van der Waals surface area contributed by atoms with Crippen molar-refractivity contribution in [2.24, 2.45) is 0 Å². The lowest BCUT2D eigenvalue weighted by Gasteiger charge is -2.25. The first-order valence-corrected chi connectivity index (χ1v) is 12.2. The van der Waals surface area contributed by atoms with E-state index in [1.54, 1.807) is 11.8 Å². The van der Waals surface area contributed by atoms with Crippen molar-refractivity contribution in [1.29, 1.82) is 0 Å². The average molecular weight is 437 g/mol. The van der Waals surface area contributed by atoms with Gasteiger partial charge < -0.3 is 15.2 Å². The third-order valence-electron chi connectivity index (χ3n) is 4.75. The number of nitrogens with zero attached hydrogens (tertiary/aromatic N) is 2. The van der Waals surface area contributed by atoms with Gasteiger partial charge in [0.1, 0.15) is 10.6 Å². The van der Waals surface area contributed by atoms with E-state index in [9.17, 15) is 13.2 Å². The third kappa shape index (κ3) is 5.85. The van der Waals surface area contributed by atoms with Crippen LogP contribution in [0.15, 0.2) is 47.5 Å². The summed E-state index contributed by atoms with van der Waals surface area (Å²) in [6, 6.07) is 11.3. The SMILES string of the molecule is CN(C)CC(Cc1ccccc1)NC(=O)c1cc(S(=O)(=O)N2CCSCC2)c[nH]1. The van der Waals surface area contributed by atoms with Crippen molar-refractivity contribution in [1.82, 2.24) is 19.5 Å². The molecule has 29 heavy (non-hydrogen) atoms. The number of likely N-dealkylation sites (N-methyl/N-ethyl adjacent to an activating group) is 1. The number of hydrogen-bond acceptors (Lipinski definition) is 5. The molecule has 9 heteroatoms. The Kier molecular flexibility index (Phi) is 7.39. The fourth-order valence-electron chi connectivity index (χ4n) is 3.35. The molecule has 1 aliphatic heterocycles. The van der Waals surface area contributed by atoms with Crippen LogP contribution in [0, 0.1) is 0 Å². The first kappa shape index (κ1) is 21.9. The zero-order valence-electron chi connectivity index (χ0n) is 16.8. The minimum absolute atomic E-state index is 0.0950. The van der Waals surface area contributed by atoms with E-state index >= 15 is 0 Å². The Morgan fingerprint density at radius 2 is 1.93 bits per heavy atom. The topological polar surface area (TPSA) is 85.5 Å². The third-order valence-corrected chi connectivity index (χ3v) is 7.57. The van der Waals surface area contributed by atoms with Crippen LogP contribution >= 0.6 is 11.8 Å². The molecule has 0 spiro atoms. The number of thioether (sulfide) groups is 1. The summed E-state index contributed by atoms with van der Waals surface area (Å²) in [6.07, 6.45) is 2.10. The highest BCUT2D eigenvalue weighted by atomic mass is 32.2. The van der Waals surface area contributed by atoms with Gasteiger partial charge in [0.25, 0.3) is 5.91 Å². The first-order valence-electron chi connectivity index (χ1n) is 9.62. The van der Waals surface area contributed by atoms with Crippen LogP contribution in [-0.2, 0) is 16.4 Å². The zero-order chi connectivity index (χ0) is 20.9. The van der Waals surface area contributed by atoms with Crippen molar-refractivity contribution >= 4 is 27.7 Å². The minimum Gasteiger partial charge on any atom is -0.356 e. The van der Waals surface area contributed by atoms with E-state index in [0.717, 1.165) is 17.1 Å². The number of sulfonamides is 1. The van der Waals surface area contributed by atoms with Gasteiger partial charge in [-0.25, -0.2) is 8.42 Å². The van der Waals surface area contributed by atoms with Crippen molar-refractivity contribution in [3.8, 4) is 0 Å². The molecule has 0 aliphatic carbocycles. The molecule has 0 radical (unpaired) electrons. The molecule has 3 rings (SSSR count). The summed E-state index contributed by atoms with van der Waals surface area (Å²) in [5, 5.41) is 3.03. The van der Waals surface area contributed by atoms with Gasteiger partial charge in [0.2, 0.25) is 10.0 Å². The summed E-state index contributed by atoms with van der Waals surface area (Å²) in [6.45, 7) is 1.68. The van der Waals surface area contributed by atoms with Gasteiger partial charge in [-0.05, 0) is 32.1 Å². The molecule has 2 heterocycles. The Morgan fingerprint density at radius 3 is 2.59 bits per heavy atom. The number of aromatic amines is 1. The Morgan fingerprint density at radius 1 is 1.24 bits per heavy atom. The van der Waals surface area contributed by atoms with E-state index in [1.165, 1.54) is 16.6 Å². The number of amides is 1. The van der Waals surface area contributed by atoms with E-state index in [-0.39, 0.29) is 22.5 Å². The van der Waals surface area contributed by atoms with Crippen molar-refractivity contribution in [3.63, 3.8) is 0 Å². The fraction of sp³-hybridized carbons (Fsp3) is 0.450. The zero-order valence-corrected chi connectivity index (χ0v) is 18.4. The molecule has 1 aliphatic rings. The predicted molar refractivity (Wildman–Crippen MR) is 117 cm³/mol. The van der Waals surface area contributed by atoms with Crippen LogP contribution in [0.1, 0.15) is 16.1 Å². The van der Waals surface area contributed by atoms with Crippen molar-refractivity contribution in [2.45, 2.75) is 17.4 Å². The summed E-state index contributed by atoms with van der Waals surface area (Å²) < 4.78 is 27.1. The highest BCUT2D eigenvalue weighted by Crippen LogP contribution is 2.21. The lowest BCUT2D eigenvalue weighted by Crippen LogP contribution is -2.43. The largest absolute Gasteiger partial charge is 0.356 e. The van der Waals surface area contributed by atoms with Gasteiger partial charge in [-0.15, -0.1) is 0 Å². The Balaban J connectivity index is 1.70. The second kappa shape index (κ2) is 9.80. The molecule has 0 saturated carbocycles. The maximum Gasteiger partial charge on any atom is 0.268 e. The van der Waals surface area contributed by atoms with Gasteiger partial charge in [0, 0.05) is 43.4 Å². The van der Waals surface area contributed by atoms with Crippen LogP contribution < -0.4 is 5.32 Å². The lowest BCUT2D eigenvalue weighted by atomic mass is 10.1. The minimum atomic E-state index is -3.57. The second-order valence-electron chi connectivity index (χ2n) is 7.39. The van der Waals surface area contributed by atoms with Crippen LogP contribution in [0.25, 0.3) is 0 Å². The number of carbonyl (C=O) groups is 1. The molecule has 1 aromatic heterocycles. The van der Waals surface area contributed by atoms with Crippen molar-refractivity contribution in [2.75, 3.05) is 45.2 Å². The van der Waals surface area contributed by atoms with Gasteiger partial charge in [-0.2, -0.15) is 16.1 Å². The second-order valence-corrected chi connectivity index (χ2v) is 10.6. The van der Waals surface area contributed by atoms with Gasteiger partial charge in [0.05, 0.1) is 0 Å². The molecule has 7 nitrogen and oxygen atoms in total. The maximum absolute atomic E-state index is 12.8. The van der Waals surface area contributed by atoms with E-state index < -0.39 is 10.0 Å². The smallest absolute Gasteiger partial charge is 0.268 e. The number of carbonyl (C=O) groups excluding carboxylic acids is 1. The van der Waals surface area contributed by atoms with E-state index in [2.05, 4.69) is 10.3 Å². The number of rotatable bonds is 8. The van der Waals surface area contributed by atoms with Crippen LogP contribution in [0.3, 0.4) is 0 Å². The molecule has 1 amide bonds.